The maximum absolute atomic E-state index is 11.9. The van der Waals surface area contributed by atoms with Crippen LogP contribution in [0.1, 0.15) is 39.7 Å². The maximum atomic E-state index is 11.9. The molecule has 9 heteroatoms. The molecule has 1 rings (SSSR count). The number of carbonyl (C=O) groups excluding carboxylic acids is 2. The fourth-order valence-electron chi connectivity index (χ4n) is 2.00. The van der Waals surface area contributed by atoms with E-state index in [2.05, 4.69) is 10.6 Å². The third-order valence-corrected chi connectivity index (χ3v) is 4.05. The predicted octanol–water partition coefficient (Wildman–Crippen LogP) is 1.75. The average molecular weight is 371 g/mol. The number of hydrogen-bond donors (Lipinski definition) is 3. The Balaban J connectivity index is 2.62. The molecule has 0 aliphatic heterocycles. The number of anilines is 1. The Morgan fingerprint density at radius 3 is 2.40 bits per heavy atom. The van der Waals surface area contributed by atoms with Crippen molar-refractivity contribution in [3.63, 3.8) is 0 Å². The first kappa shape index (κ1) is 20.9. The van der Waals surface area contributed by atoms with Crippen molar-refractivity contribution in [1.29, 1.82) is 0 Å². The molecule has 0 heterocycles. The van der Waals surface area contributed by atoms with Gasteiger partial charge < -0.3 is 15.4 Å². The van der Waals surface area contributed by atoms with Gasteiger partial charge in [-0.3, -0.25) is 4.79 Å². The number of carbonyl (C=O) groups is 2. The molecule has 1 aromatic carbocycles. The van der Waals surface area contributed by atoms with Crippen LogP contribution in [0.25, 0.3) is 0 Å². The lowest BCUT2D eigenvalue weighted by Crippen LogP contribution is -2.34. The normalized spacial score (nSPS) is 11.7. The Labute approximate surface area is 148 Å². The smallest absolute Gasteiger partial charge is 0.407 e. The van der Waals surface area contributed by atoms with E-state index in [-0.39, 0.29) is 23.8 Å². The SMILES string of the molecule is CCc1ccc(NC(=O)CCNC(=O)OC(C)(C)C)cc1S(N)(=O)=O. The van der Waals surface area contributed by atoms with E-state index in [1.165, 1.54) is 6.07 Å². The summed E-state index contributed by atoms with van der Waals surface area (Å²) in [6.45, 7) is 7.12. The fourth-order valence-corrected chi connectivity index (χ4v) is 2.87. The lowest BCUT2D eigenvalue weighted by Gasteiger charge is -2.19. The largest absolute Gasteiger partial charge is 0.444 e. The number of nitrogens with two attached hydrogens (primary N) is 1. The Morgan fingerprint density at radius 1 is 1.24 bits per heavy atom. The molecule has 0 fully saturated rings. The average Bonchev–Trinajstić information content (AvgIpc) is 2.44. The van der Waals surface area contributed by atoms with Crippen LogP contribution in [-0.4, -0.2) is 32.6 Å². The first-order chi connectivity index (χ1) is 11.4. The van der Waals surface area contributed by atoms with Crippen LogP contribution >= 0.6 is 0 Å². The van der Waals surface area contributed by atoms with Crippen molar-refractivity contribution >= 4 is 27.7 Å². The van der Waals surface area contributed by atoms with Crippen molar-refractivity contribution in [2.75, 3.05) is 11.9 Å². The number of ether oxygens (including phenoxy) is 1. The highest BCUT2D eigenvalue weighted by molar-refractivity contribution is 7.89. The second-order valence-corrected chi connectivity index (χ2v) is 7.98. The molecule has 0 atom stereocenters. The summed E-state index contributed by atoms with van der Waals surface area (Å²) in [6.07, 6.45) is -0.0941. The van der Waals surface area contributed by atoms with E-state index >= 15 is 0 Å². The number of hydrogen-bond acceptors (Lipinski definition) is 5. The van der Waals surface area contributed by atoms with E-state index in [1.807, 2.05) is 6.92 Å². The number of aryl methyl sites for hydroxylation is 1. The van der Waals surface area contributed by atoms with Crippen molar-refractivity contribution in [3.05, 3.63) is 23.8 Å². The third kappa shape index (κ3) is 7.53. The Hall–Kier alpha value is -2.13. The standard InChI is InChI=1S/C16H25N3O5S/c1-5-11-6-7-12(10-13(11)25(17,22)23)19-14(20)8-9-18-15(21)24-16(2,3)4/h6-7,10H,5,8-9H2,1-4H3,(H,18,21)(H,19,20)(H2,17,22,23). The predicted molar refractivity (Wildman–Crippen MR) is 94.7 cm³/mol. The van der Waals surface area contributed by atoms with E-state index in [0.29, 0.717) is 17.7 Å². The molecule has 0 spiro atoms. The molecule has 2 amide bonds. The summed E-state index contributed by atoms with van der Waals surface area (Å²) >= 11 is 0. The van der Waals surface area contributed by atoms with Gasteiger partial charge in [0.2, 0.25) is 15.9 Å². The molecule has 0 saturated heterocycles. The number of alkyl carbamates (subject to hydrolysis) is 1. The monoisotopic (exact) mass is 371 g/mol. The van der Waals surface area contributed by atoms with Crippen LogP contribution in [-0.2, 0) is 26.0 Å². The third-order valence-electron chi connectivity index (χ3n) is 3.06. The molecule has 8 nitrogen and oxygen atoms in total. The Bertz CT molecular complexity index is 739. The number of nitrogens with one attached hydrogen (secondary N) is 2. The van der Waals surface area contributed by atoms with Gasteiger partial charge in [0.05, 0.1) is 4.90 Å². The zero-order valence-electron chi connectivity index (χ0n) is 14.9. The van der Waals surface area contributed by atoms with Gasteiger partial charge in [-0.05, 0) is 44.9 Å². The summed E-state index contributed by atoms with van der Waals surface area (Å²) in [4.78, 5) is 23.4. The molecule has 0 aliphatic rings. The van der Waals surface area contributed by atoms with E-state index in [0.717, 1.165) is 0 Å². The van der Waals surface area contributed by atoms with Crippen molar-refractivity contribution in [2.45, 2.75) is 51.0 Å². The zero-order valence-corrected chi connectivity index (χ0v) is 15.7. The number of benzene rings is 1. The molecule has 1 aromatic rings. The molecule has 0 bridgehead atoms. The van der Waals surface area contributed by atoms with E-state index in [9.17, 15) is 18.0 Å². The second-order valence-electron chi connectivity index (χ2n) is 6.45. The molecule has 0 aromatic heterocycles. The Kier molecular flexibility index (Phi) is 6.95. The molecule has 0 unspecified atom stereocenters. The molecule has 4 N–H and O–H groups in total. The van der Waals surface area contributed by atoms with Crippen molar-refractivity contribution < 1.29 is 22.7 Å². The summed E-state index contributed by atoms with van der Waals surface area (Å²) in [5.74, 6) is -0.374. The van der Waals surface area contributed by atoms with E-state index < -0.39 is 21.7 Å². The number of sulfonamides is 1. The van der Waals surface area contributed by atoms with Crippen LogP contribution < -0.4 is 15.8 Å². The molecule has 0 aliphatic carbocycles. The number of primary sulfonamides is 1. The second kappa shape index (κ2) is 8.30. The number of amides is 2. The van der Waals surface area contributed by atoms with Gasteiger partial charge in [0, 0.05) is 18.7 Å². The molecular weight excluding hydrogens is 346 g/mol. The van der Waals surface area contributed by atoms with Gasteiger partial charge in [-0.2, -0.15) is 0 Å². The highest BCUT2D eigenvalue weighted by Gasteiger charge is 2.17. The summed E-state index contributed by atoms with van der Waals surface area (Å²) < 4.78 is 28.3. The molecular formula is C16H25N3O5S. The molecule has 25 heavy (non-hydrogen) atoms. The highest BCUT2D eigenvalue weighted by Crippen LogP contribution is 2.20. The summed E-state index contributed by atoms with van der Waals surface area (Å²) in [5.41, 5.74) is 0.285. The molecule has 0 saturated carbocycles. The summed E-state index contributed by atoms with van der Waals surface area (Å²) in [5, 5.41) is 10.2. The minimum atomic E-state index is -3.87. The lowest BCUT2D eigenvalue weighted by atomic mass is 10.1. The van der Waals surface area contributed by atoms with Crippen LogP contribution in [0, 0.1) is 0 Å². The van der Waals surface area contributed by atoms with Crippen LogP contribution in [0.2, 0.25) is 0 Å². The quantitative estimate of drug-likeness (QED) is 0.702. The van der Waals surface area contributed by atoms with Gasteiger partial charge in [0.15, 0.2) is 0 Å². The Morgan fingerprint density at radius 2 is 1.88 bits per heavy atom. The van der Waals surface area contributed by atoms with E-state index in [4.69, 9.17) is 9.88 Å². The summed E-state index contributed by atoms with van der Waals surface area (Å²) in [7, 11) is -3.87. The van der Waals surface area contributed by atoms with Gasteiger partial charge in [-0.1, -0.05) is 13.0 Å². The summed E-state index contributed by atoms with van der Waals surface area (Å²) in [6, 6.07) is 4.54. The topological polar surface area (TPSA) is 128 Å². The van der Waals surface area contributed by atoms with Gasteiger partial charge >= 0.3 is 6.09 Å². The van der Waals surface area contributed by atoms with Crippen LogP contribution in [0.4, 0.5) is 10.5 Å². The van der Waals surface area contributed by atoms with Gasteiger partial charge in [-0.25, -0.2) is 18.4 Å². The van der Waals surface area contributed by atoms with E-state index in [1.54, 1.807) is 32.9 Å². The molecule has 140 valence electrons. The van der Waals surface area contributed by atoms with Gasteiger partial charge in [-0.15, -0.1) is 0 Å². The highest BCUT2D eigenvalue weighted by atomic mass is 32.2. The number of rotatable bonds is 6. The first-order valence-electron chi connectivity index (χ1n) is 7.85. The fraction of sp³-hybridized carbons (Fsp3) is 0.500. The molecule has 0 radical (unpaired) electrons. The van der Waals surface area contributed by atoms with Crippen molar-refractivity contribution in [3.8, 4) is 0 Å². The van der Waals surface area contributed by atoms with Gasteiger partial charge in [0.25, 0.3) is 0 Å². The minimum Gasteiger partial charge on any atom is -0.444 e. The van der Waals surface area contributed by atoms with Crippen LogP contribution in [0.15, 0.2) is 23.1 Å². The van der Waals surface area contributed by atoms with Crippen LogP contribution in [0.3, 0.4) is 0 Å². The van der Waals surface area contributed by atoms with Crippen molar-refractivity contribution in [1.82, 2.24) is 5.32 Å². The van der Waals surface area contributed by atoms with Gasteiger partial charge in [0.1, 0.15) is 5.60 Å². The maximum Gasteiger partial charge on any atom is 0.407 e. The van der Waals surface area contributed by atoms with Crippen molar-refractivity contribution in [2.24, 2.45) is 5.14 Å². The van der Waals surface area contributed by atoms with Crippen LogP contribution in [0.5, 0.6) is 0 Å². The lowest BCUT2D eigenvalue weighted by molar-refractivity contribution is -0.116. The minimum absolute atomic E-state index is 0.0134. The first-order valence-corrected chi connectivity index (χ1v) is 9.39. The zero-order chi connectivity index (χ0) is 19.3.